The second-order valence-electron chi connectivity index (χ2n) is 7.90. The van der Waals surface area contributed by atoms with Gasteiger partial charge in [0.15, 0.2) is 0 Å². The van der Waals surface area contributed by atoms with Gasteiger partial charge in [0.25, 0.3) is 0 Å². The van der Waals surface area contributed by atoms with E-state index < -0.39 is 6.09 Å². The average Bonchev–Trinajstić information content (AvgIpc) is 3.19. The van der Waals surface area contributed by atoms with Crippen molar-refractivity contribution in [2.24, 2.45) is 7.05 Å². The van der Waals surface area contributed by atoms with E-state index in [2.05, 4.69) is 58.5 Å². The van der Waals surface area contributed by atoms with E-state index in [1.165, 1.54) is 16.7 Å². The lowest BCUT2D eigenvalue weighted by Crippen LogP contribution is -2.57. The average molecular weight is 405 g/mol. The smallest absolute Gasteiger partial charge is 0.407 e. The van der Waals surface area contributed by atoms with Crippen LogP contribution >= 0.6 is 0 Å². The van der Waals surface area contributed by atoms with Crippen LogP contribution in [0.15, 0.2) is 73.1 Å². The molecule has 1 fully saturated rings. The first-order valence-corrected chi connectivity index (χ1v) is 10.4. The molecule has 0 aliphatic carbocycles. The number of piperazine rings is 1. The van der Waals surface area contributed by atoms with Gasteiger partial charge in [-0.2, -0.15) is 5.10 Å². The molecule has 3 aromatic rings. The highest BCUT2D eigenvalue weighted by molar-refractivity contribution is 5.65. The molecule has 0 saturated carbocycles. The molecule has 0 radical (unpaired) electrons. The molecule has 156 valence electrons. The maximum Gasteiger partial charge on any atom is 0.407 e. The fraction of sp³-hybridized carbons (Fsp3) is 0.333. The van der Waals surface area contributed by atoms with Crippen LogP contribution in [-0.2, 0) is 13.5 Å². The monoisotopic (exact) mass is 404 g/mol. The summed E-state index contributed by atoms with van der Waals surface area (Å²) in [7, 11) is 1.93. The third-order valence-electron chi connectivity index (χ3n) is 5.95. The number of nitrogens with zero attached hydrogens (tertiary/aromatic N) is 4. The molecule has 1 N–H and O–H groups in total. The molecular weight excluding hydrogens is 376 g/mol. The standard InChI is InChI=1S/C24H28N4O2/c1-26-17-19(16-25-26)12-13-27-14-15-28(24(29)30)18-22(27)23(20-8-4-2-5-9-20)21-10-6-3-7-11-21/h2-11,16-17,22-23H,12-15,18H2,1H3,(H,29,30)/t22-/m0/s1. The number of amides is 1. The van der Waals surface area contributed by atoms with Gasteiger partial charge < -0.3 is 10.0 Å². The Morgan fingerprint density at radius 3 is 2.23 bits per heavy atom. The van der Waals surface area contributed by atoms with Gasteiger partial charge in [-0.05, 0) is 23.1 Å². The fourth-order valence-electron chi connectivity index (χ4n) is 4.45. The van der Waals surface area contributed by atoms with Gasteiger partial charge in [-0.3, -0.25) is 9.58 Å². The molecule has 30 heavy (non-hydrogen) atoms. The Kier molecular flexibility index (Phi) is 6.14. The summed E-state index contributed by atoms with van der Waals surface area (Å²) in [5, 5.41) is 13.9. The highest BCUT2D eigenvalue weighted by Crippen LogP contribution is 2.33. The Hall–Kier alpha value is -3.12. The highest BCUT2D eigenvalue weighted by Gasteiger charge is 2.36. The van der Waals surface area contributed by atoms with Gasteiger partial charge in [-0.1, -0.05) is 60.7 Å². The van der Waals surface area contributed by atoms with Crippen molar-refractivity contribution in [1.29, 1.82) is 0 Å². The first kappa shape index (κ1) is 20.2. The molecule has 0 spiro atoms. The molecule has 1 aromatic heterocycles. The predicted molar refractivity (Wildman–Crippen MR) is 117 cm³/mol. The van der Waals surface area contributed by atoms with E-state index >= 15 is 0 Å². The Morgan fingerprint density at radius 2 is 1.70 bits per heavy atom. The molecule has 1 aliphatic rings. The zero-order chi connectivity index (χ0) is 20.9. The van der Waals surface area contributed by atoms with Crippen LogP contribution in [0.5, 0.6) is 0 Å². The van der Waals surface area contributed by atoms with Crippen LogP contribution in [0.4, 0.5) is 4.79 Å². The number of aromatic nitrogens is 2. The van der Waals surface area contributed by atoms with E-state index in [4.69, 9.17) is 0 Å². The third kappa shape index (κ3) is 4.54. The summed E-state index contributed by atoms with van der Waals surface area (Å²) in [4.78, 5) is 15.8. The van der Waals surface area contributed by atoms with Crippen molar-refractivity contribution < 1.29 is 9.90 Å². The molecule has 1 amide bonds. The first-order valence-electron chi connectivity index (χ1n) is 10.4. The van der Waals surface area contributed by atoms with E-state index in [1.54, 1.807) is 4.90 Å². The lowest BCUT2D eigenvalue weighted by molar-refractivity contribution is 0.0626. The Morgan fingerprint density at radius 1 is 1.07 bits per heavy atom. The molecule has 6 heteroatoms. The summed E-state index contributed by atoms with van der Waals surface area (Å²) < 4.78 is 1.83. The summed E-state index contributed by atoms with van der Waals surface area (Å²) in [5.41, 5.74) is 3.63. The van der Waals surface area contributed by atoms with Gasteiger partial charge in [-0.15, -0.1) is 0 Å². The highest BCUT2D eigenvalue weighted by atomic mass is 16.4. The van der Waals surface area contributed by atoms with Crippen LogP contribution in [0, 0.1) is 0 Å². The van der Waals surface area contributed by atoms with Crippen LogP contribution in [0.1, 0.15) is 22.6 Å². The summed E-state index contributed by atoms with van der Waals surface area (Å²) in [6.45, 7) is 2.64. The summed E-state index contributed by atoms with van der Waals surface area (Å²) >= 11 is 0. The van der Waals surface area contributed by atoms with E-state index in [0.717, 1.165) is 19.5 Å². The molecular formula is C24H28N4O2. The molecule has 2 heterocycles. The molecule has 1 aliphatic heterocycles. The summed E-state index contributed by atoms with van der Waals surface area (Å²) in [6.07, 6.45) is 4.02. The summed E-state index contributed by atoms with van der Waals surface area (Å²) in [6, 6.07) is 20.9. The molecule has 2 aromatic carbocycles. The second kappa shape index (κ2) is 9.13. The van der Waals surface area contributed by atoms with Crippen molar-refractivity contribution in [3.05, 3.63) is 89.7 Å². The van der Waals surface area contributed by atoms with E-state index in [-0.39, 0.29) is 12.0 Å². The van der Waals surface area contributed by atoms with E-state index in [0.29, 0.717) is 13.1 Å². The first-order chi connectivity index (χ1) is 14.6. The number of hydrogen-bond acceptors (Lipinski definition) is 3. The second-order valence-corrected chi connectivity index (χ2v) is 7.90. The lowest BCUT2D eigenvalue weighted by atomic mass is 9.83. The van der Waals surface area contributed by atoms with Crippen molar-refractivity contribution in [3.63, 3.8) is 0 Å². The van der Waals surface area contributed by atoms with Crippen molar-refractivity contribution in [2.75, 3.05) is 26.2 Å². The number of carbonyl (C=O) groups is 1. The number of carboxylic acid groups (broad SMARTS) is 1. The number of benzene rings is 2. The summed E-state index contributed by atoms with van der Waals surface area (Å²) in [5.74, 6) is 0.100. The minimum atomic E-state index is -0.841. The molecule has 0 unspecified atom stereocenters. The van der Waals surface area contributed by atoms with Crippen LogP contribution < -0.4 is 0 Å². The van der Waals surface area contributed by atoms with Gasteiger partial charge in [0.1, 0.15) is 0 Å². The van der Waals surface area contributed by atoms with Gasteiger partial charge in [0.05, 0.1) is 6.20 Å². The molecule has 1 atom stereocenters. The van der Waals surface area contributed by atoms with Crippen LogP contribution in [0.3, 0.4) is 0 Å². The molecule has 1 saturated heterocycles. The van der Waals surface area contributed by atoms with Gasteiger partial charge in [0, 0.05) is 51.4 Å². The zero-order valence-corrected chi connectivity index (χ0v) is 17.3. The van der Waals surface area contributed by atoms with Crippen LogP contribution in [-0.4, -0.2) is 63.0 Å². The number of rotatable bonds is 6. The fourth-order valence-corrected chi connectivity index (χ4v) is 4.45. The van der Waals surface area contributed by atoms with E-state index in [9.17, 15) is 9.90 Å². The predicted octanol–water partition coefficient (Wildman–Crippen LogP) is 3.46. The number of hydrogen-bond donors (Lipinski definition) is 1. The van der Waals surface area contributed by atoms with Crippen LogP contribution in [0.2, 0.25) is 0 Å². The van der Waals surface area contributed by atoms with Gasteiger partial charge in [0.2, 0.25) is 0 Å². The normalized spacial score (nSPS) is 17.4. The zero-order valence-electron chi connectivity index (χ0n) is 17.3. The SMILES string of the molecule is Cn1cc(CCN2CCN(C(=O)O)C[C@H]2C(c2ccccc2)c2ccccc2)cn1. The molecule has 6 nitrogen and oxygen atoms in total. The largest absolute Gasteiger partial charge is 0.465 e. The minimum absolute atomic E-state index is 0.0660. The quantitative estimate of drug-likeness (QED) is 0.684. The Balaban J connectivity index is 1.66. The van der Waals surface area contributed by atoms with Crippen LogP contribution in [0.25, 0.3) is 0 Å². The van der Waals surface area contributed by atoms with Gasteiger partial charge >= 0.3 is 6.09 Å². The van der Waals surface area contributed by atoms with Gasteiger partial charge in [-0.25, -0.2) is 4.79 Å². The third-order valence-corrected chi connectivity index (χ3v) is 5.95. The van der Waals surface area contributed by atoms with Crippen molar-refractivity contribution in [2.45, 2.75) is 18.4 Å². The minimum Gasteiger partial charge on any atom is -0.465 e. The van der Waals surface area contributed by atoms with Crippen molar-refractivity contribution in [3.8, 4) is 0 Å². The maximum atomic E-state index is 11.8. The Labute approximate surface area is 177 Å². The van der Waals surface area contributed by atoms with Crippen molar-refractivity contribution >= 4 is 6.09 Å². The lowest BCUT2D eigenvalue weighted by Gasteiger charge is -2.44. The maximum absolute atomic E-state index is 11.8. The molecule has 4 rings (SSSR count). The number of aryl methyl sites for hydroxylation is 1. The molecule has 0 bridgehead atoms. The van der Waals surface area contributed by atoms with Crippen molar-refractivity contribution in [1.82, 2.24) is 19.6 Å². The Bertz CT molecular complexity index is 918. The van der Waals surface area contributed by atoms with E-state index in [1.807, 2.05) is 36.3 Å². The topological polar surface area (TPSA) is 61.6 Å².